The molecule has 188 valence electrons. The van der Waals surface area contributed by atoms with Gasteiger partial charge in [-0.1, -0.05) is 23.4 Å². The van der Waals surface area contributed by atoms with Gasteiger partial charge >= 0.3 is 0 Å². The molecule has 2 aliphatic heterocycles. The van der Waals surface area contributed by atoms with Gasteiger partial charge in [0.1, 0.15) is 17.1 Å². The summed E-state index contributed by atoms with van der Waals surface area (Å²) in [7, 11) is 1.60. The van der Waals surface area contributed by atoms with Crippen LogP contribution in [0.1, 0.15) is 40.1 Å². The van der Waals surface area contributed by atoms with Gasteiger partial charge in [0, 0.05) is 19.5 Å². The molecular weight excluding hydrogens is 462 g/mol. The number of amides is 2. The summed E-state index contributed by atoms with van der Waals surface area (Å²) in [5, 5.41) is 6.84. The van der Waals surface area contributed by atoms with Crippen LogP contribution in [0, 0.1) is 6.92 Å². The molecule has 2 atom stereocenters. The number of nitrogens with one attached hydrogen (secondary N) is 1. The van der Waals surface area contributed by atoms with Crippen LogP contribution >= 0.6 is 0 Å². The van der Waals surface area contributed by atoms with Crippen molar-refractivity contribution in [3.05, 3.63) is 71.1 Å². The Labute approximate surface area is 209 Å². The summed E-state index contributed by atoms with van der Waals surface area (Å²) in [5.74, 6) is 2.11. The minimum Gasteiger partial charge on any atom is -0.493 e. The zero-order chi connectivity index (χ0) is 25.1. The molecular formula is C27H29N3O6. The monoisotopic (exact) mass is 491 g/mol. The molecule has 1 aromatic heterocycles. The molecule has 0 radical (unpaired) electrons. The second-order valence-electron chi connectivity index (χ2n) is 9.09. The van der Waals surface area contributed by atoms with Crippen molar-refractivity contribution >= 4 is 11.8 Å². The van der Waals surface area contributed by atoms with Gasteiger partial charge in [-0.3, -0.25) is 9.59 Å². The van der Waals surface area contributed by atoms with E-state index in [4.69, 9.17) is 18.7 Å². The molecule has 2 aliphatic rings. The quantitative estimate of drug-likeness (QED) is 0.584. The number of methoxy groups -OCH3 is 1. The molecule has 3 aromatic rings. The molecule has 0 saturated carbocycles. The van der Waals surface area contributed by atoms with Crippen LogP contribution in [0.15, 0.2) is 53.2 Å². The largest absolute Gasteiger partial charge is 0.493 e. The second kappa shape index (κ2) is 10.4. The number of aryl methyl sites for hydroxylation is 2. The zero-order valence-corrected chi connectivity index (χ0v) is 20.4. The van der Waals surface area contributed by atoms with Crippen molar-refractivity contribution in [1.29, 1.82) is 0 Å². The minimum atomic E-state index is -0.341. The van der Waals surface area contributed by atoms with Crippen molar-refractivity contribution in [2.75, 3.05) is 20.2 Å². The van der Waals surface area contributed by atoms with E-state index in [0.717, 1.165) is 11.1 Å². The summed E-state index contributed by atoms with van der Waals surface area (Å²) in [4.78, 5) is 27.7. The Bertz CT molecular complexity index is 1260. The lowest BCUT2D eigenvalue weighted by Crippen LogP contribution is -2.57. The van der Waals surface area contributed by atoms with Crippen LogP contribution in [0.3, 0.4) is 0 Å². The standard InChI is InChI=1S/C27H29N3O6/c1-17-21(14-28-36-17)27(32)30-11-10-23-22(15-30)29-26(31)9-7-18-6-8-24(33-2)25(13-18)35-20-5-3-4-19(12-20)16-34-23/h3-6,8,12-14,22-23H,7,9-11,15-16H2,1-2H3,(H,29,31)/t22-,23+/m0/s1. The first-order chi connectivity index (χ1) is 17.5. The molecule has 0 unspecified atom stereocenters. The fourth-order valence-electron chi connectivity index (χ4n) is 4.65. The number of aromatic nitrogens is 1. The average Bonchev–Trinajstić information content (AvgIpc) is 3.32. The number of hydrogen-bond acceptors (Lipinski definition) is 7. The summed E-state index contributed by atoms with van der Waals surface area (Å²) in [6.45, 7) is 2.92. The lowest BCUT2D eigenvalue weighted by Gasteiger charge is -2.38. The fraction of sp³-hybridized carbons (Fsp3) is 0.370. The Morgan fingerprint density at radius 3 is 2.86 bits per heavy atom. The van der Waals surface area contributed by atoms with Crippen molar-refractivity contribution in [3.63, 3.8) is 0 Å². The van der Waals surface area contributed by atoms with Gasteiger partial charge in [-0.2, -0.15) is 0 Å². The van der Waals surface area contributed by atoms with Crippen molar-refractivity contribution in [2.45, 2.75) is 44.9 Å². The highest BCUT2D eigenvalue weighted by molar-refractivity contribution is 5.95. The van der Waals surface area contributed by atoms with E-state index in [1.807, 2.05) is 42.5 Å². The molecule has 36 heavy (non-hydrogen) atoms. The molecule has 2 aromatic carbocycles. The number of hydrogen-bond donors (Lipinski definition) is 1. The zero-order valence-electron chi connectivity index (χ0n) is 20.4. The van der Waals surface area contributed by atoms with Crippen molar-refractivity contribution in [3.8, 4) is 17.2 Å². The van der Waals surface area contributed by atoms with Crippen LogP contribution in [-0.2, 0) is 22.6 Å². The summed E-state index contributed by atoms with van der Waals surface area (Å²) in [5.41, 5.74) is 2.34. The van der Waals surface area contributed by atoms with Gasteiger partial charge in [0.15, 0.2) is 11.5 Å². The van der Waals surface area contributed by atoms with Crippen LogP contribution in [0.5, 0.6) is 17.2 Å². The predicted octanol–water partition coefficient (Wildman–Crippen LogP) is 3.65. The van der Waals surface area contributed by atoms with Gasteiger partial charge in [0.25, 0.3) is 5.91 Å². The molecule has 2 amide bonds. The molecule has 1 saturated heterocycles. The van der Waals surface area contributed by atoms with Crippen molar-refractivity contribution < 1.29 is 28.3 Å². The normalized spacial score (nSPS) is 20.3. The van der Waals surface area contributed by atoms with Gasteiger partial charge in [0.2, 0.25) is 5.91 Å². The highest BCUT2D eigenvalue weighted by Crippen LogP contribution is 2.33. The van der Waals surface area contributed by atoms with Gasteiger partial charge in [-0.15, -0.1) is 0 Å². The fourth-order valence-corrected chi connectivity index (χ4v) is 4.65. The number of ether oxygens (including phenoxy) is 3. The molecule has 0 spiro atoms. The maximum Gasteiger partial charge on any atom is 0.259 e. The van der Waals surface area contributed by atoms with Crippen LogP contribution in [0.4, 0.5) is 0 Å². The van der Waals surface area contributed by atoms with E-state index in [2.05, 4.69) is 10.5 Å². The first kappa shape index (κ1) is 23.9. The summed E-state index contributed by atoms with van der Waals surface area (Å²) < 4.78 is 23.0. The Morgan fingerprint density at radius 1 is 1.17 bits per heavy atom. The van der Waals surface area contributed by atoms with Gasteiger partial charge < -0.3 is 29.0 Å². The number of fused-ring (bicyclic) bond motifs is 5. The van der Waals surface area contributed by atoms with Gasteiger partial charge in [-0.05, 0) is 55.2 Å². The molecule has 1 N–H and O–H groups in total. The summed E-state index contributed by atoms with van der Waals surface area (Å²) in [6.07, 6.45) is 2.62. The molecule has 9 heteroatoms. The molecule has 1 fully saturated rings. The average molecular weight is 492 g/mol. The third kappa shape index (κ3) is 5.21. The number of nitrogens with zero attached hydrogens (tertiary/aromatic N) is 2. The van der Waals surface area contributed by atoms with Gasteiger partial charge in [-0.25, -0.2) is 0 Å². The predicted molar refractivity (Wildman–Crippen MR) is 130 cm³/mol. The first-order valence-electron chi connectivity index (χ1n) is 12.1. The number of piperidine rings is 1. The molecule has 4 bridgehead atoms. The topological polar surface area (TPSA) is 103 Å². The molecule has 9 nitrogen and oxygen atoms in total. The van der Waals surface area contributed by atoms with E-state index in [0.29, 0.717) is 67.5 Å². The maximum atomic E-state index is 13.1. The van der Waals surface area contributed by atoms with Crippen LogP contribution in [0.25, 0.3) is 0 Å². The van der Waals surface area contributed by atoms with E-state index < -0.39 is 0 Å². The highest BCUT2D eigenvalue weighted by atomic mass is 16.5. The number of benzene rings is 2. The lowest BCUT2D eigenvalue weighted by atomic mass is 10.00. The smallest absolute Gasteiger partial charge is 0.259 e. The molecule has 3 heterocycles. The van der Waals surface area contributed by atoms with Crippen molar-refractivity contribution in [2.24, 2.45) is 0 Å². The van der Waals surface area contributed by atoms with E-state index >= 15 is 0 Å². The van der Waals surface area contributed by atoms with Crippen LogP contribution < -0.4 is 14.8 Å². The Hall–Kier alpha value is -3.85. The summed E-state index contributed by atoms with van der Waals surface area (Å²) >= 11 is 0. The van der Waals surface area contributed by atoms with Crippen molar-refractivity contribution in [1.82, 2.24) is 15.4 Å². The van der Waals surface area contributed by atoms with E-state index in [-0.39, 0.29) is 24.0 Å². The number of carbonyl (C=O) groups is 2. The second-order valence-corrected chi connectivity index (χ2v) is 9.09. The number of carbonyl (C=O) groups excluding carboxylic acids is 2. The Kier molecular flexibility index (Phi) is 6.90. The highest BCUT2D eigenvalue weighted by Gasteiger charge is 2.34. The Morgan fingerprint density at radius 2 is 2.06 bits per heavy atom. The van der Waals surface area contributed by atoms with Crippen LogP contribution in [-0.4, -0.2) is 54.2 Å². The Balaban J connectivity index is 1.39. The molecule has 5 rings (SSSR count). The molecule has 0 aliphatic carbocycles. The minimum absolute atomic E-state index is 0.0993. The van der Waals surface area contributed by atoms with Gasteiger partial charge in [0.05, 0.1) is 32.1 Å². The summed E-state index contributed by atoms with van der Waals surface area (Å²) in [6, 6.07) is 13.1. The first-order valence-corrected chi connectivity index (χ1v) is 12.1. The third-order valence-corrected chi connectivity index (χ3v) is 6.62. The van der Waals surface area contributed by atoms with E-state index in [1.165, 1.54) is 6.20 Å². The lowest BCUT2D eigenvalue weighted by molar-refractivity contribution is -0.124. The van der Waals surface area contributed by atoms with E-state index in [1.54, 1.807) is 18.9 Å². The number of likely N-dealkylation sites (tertiary alicyclic amines) is 1. The van der Waals surface area contributed by atoms with E-state index in [9.17, 15) is 9.59 Å². The SMILES string of the molecule is COc1ccc2cc1Oc1cccc(c1)CO[C@@H]1CCN(C(=O)c3cnoc3C)C[C@@H]1NC(=O)CC2. The maximum absolute atomic E-state index is 13.1. The third-order valence-electron chi connectivity index (χ3n) is 6.62. The van der Waals surface area contributed by atoms with Crippen LogP contribution in [0.2, 0.25) is 0 Å². The number of rotatable bonds is 2.